The van der Waals surface area contributed by atoms with Crippen LogP contribution in [0.5, 0.6) is 0 Å². The van der Waals surface area contributed by atoms with Crippen LogP contribution < -0.4 is 0 Å². The number of carbonyl (C=O) groups is 2. The summed E-state index contributed by atoms with van der Waals surface area (Å²) >= 11 is 0. The molecule has 0 aliphatic carbocycles. The van der Waals surface area contributed by atoms with Crippen LogP contribution in [0, 0.1) is 5.92 Å². The number of nitrogens with zero attached hydrogens (tertiary/aromatic N) is 2. The van der Waals surface area contributed by atoms with Crippen LogP contribution in [0.15, 0.2) is 24.4 Å². The van der Waals surface area contributed by atoms with Crippen molar-refractivity contribution < 1.29 is 14.3 Å². The Morgan fingerprint density at radius 3 is 2.81 bits per heavy atom. The lowest BCUT2D eigenvalue weighted by molar-refractivity contribution is -0.146. The maximum atomic E-state index is 12.5. The first-order chi connectivity index (χ1) is 10.2. The number of likely N-dealkylation sites (tertiary alicyclic amines) is 1. The lowest BCUT2D eigenvalue weighted by Crippen LogP contribution is -2.40. The standard InChI is InChI=1S/C15H17N3O3/c1-21-15(20)10-4-6-18(7-5-10)14(19)11-2-3-12-9-16-17-13(12)8-11/h2-3,8-10H,4-7H2,1H3,(H,16,17). The molecule has 0 saturated carbocycles. The number of ether oxygens (including phenoxy) is 1. The molecule has 2 aromatic rings. The quantitative estimate of drug-likeness (QED) is 0.851. The normalized spacial score (nSPS) is 16.1. The second-order valence-electron chi connectivity index (χ2n) is 5.26. The molecule has 1 fully saturated rings. The number of amides is 1. The number of carbonyl (C=O) groups excluding carboxylic acids is 2. The highest BCUT2D eigenvalue weighted by atomic mass is 16.5. The van der Waals surface area contributed by atoms with Crippen LogP contribution in [0.4, 0.5) is 0 Å². The molecule has 6 heteroatoms. The number of benzene rings is 1. The van der Waals surface area contributed by atoms with Crippen molar-refractivity contribution in [1.29, 1.82) is 0 Å². The van der Waals surface area contributed by atoms with Gasteiger partial charge in [-0.3, -0.25) is 14.7 Å². The van der Waals surface area contributed by atoms with Crippen molar-refractivity contribution in [2.45, 2.75) is 12.8 Å². The van der Waals surface area contributed by atoms with E-state index < -0.39 is 0 Å². The Bertz CT molecular complexity index is 672. The van der Waals surface area contributed by atoms with E-state index in [1.165, 1.54) is 7.11 Å². The molecule has 1 aromatic heterocycles. The molecule has 1 aliphatic heterocycles. The topological polar surface area (TPSA) is 75.3 Å². The second kappa shape index (κ2) is 5.55. The van der Waals surface area contributed by atoms with Gasteiger partial charge in [0.05, 0.1) is 24.7 Å². The summed E-state index contributed by atoms with van der Waals surface area (Å²) < 4.78 is 4.76. The summed E-state index contributed by atoms with van der Waals surface area (Å²) in [6, 6.07) is 5.51. The molecule has 1 aliphatic rings. The van der Waals surface area contributed by atoms with Gasteiger partial charge < -0.3 is 9.64 Å². The summed E-state index contributed by atoms with van der Waals surface area (Å²) in [4.78, 5) is 25.8. The highest BCUT2D eigenvalue weighted by molar-refractivity contribution is 5.97. The number of H-pyrrole nitrogens is 1. The van der Waals surface area contributed by atoms with Gasteiger partial charge in [0.1, 0.15) is 0 Å². The van der Waals surface area contributed by atoms with Crippen LogP contribution in [0.1, 0.15) is 23.2 Å². The summed E-state index contributed by atoms with van der Waals surface area (Å²) in [5.74, 6) is -0.273. The zero-order chi connectivity index (χ0) is 14.8. The molecule has 1 saturated heterocycles. The molecule has 3 rings (SSSR count). The van der Waals surface area contributed by atoms with Gasteiger partial charge in [-0.2, -0.15) is 5.10 Å². The maximum absolute atomic E-state index is 12.5. The molecule has 2 heterocycles. The number of aromatic nitrogens is 2. The van der Waals surface area contributed by atoms with Crippen molar-refractivity contribution in [3.05, 3.63) is 30.0 Å². The zero-order valence-corrected chi connectivity index (χ0v) is 11.8. The van der Waals surface area contributed by atoms with E-state index in [-0.39, 0.29) is 17.8 Å². The van der Waals surface area contributed by atoms with Gasteiger partial charge in [0.25, 0.3) is 5.91 Å². The van der Waals surface area contributed by atoms with E-state index in [0.29, 0.717) is 31.5 Å². The Morgan fingerprint density at radius 1 is 1.33 bits per heavy atom. The molecule has 6 nitrogen and oxygen atoms in total. The zero-order valence-electron chi connectivity index (χ0n) is 11.8. The van der Waals surface area contributed by atoms with E-state index in [1.807, 2.05) is 18.2 Å². The van der Waals surface area contributed by atoms with Gasteiger partial charge in [-0.05, 0) is 25.0 Å². The third-order valence-corrected chi connectivity index (χ3v) is 4.01. The molecule has 0 radical (unpaired) electrons. The smallest absolute Gasteiger partial charge is 0.308 e. The van der Waals surface area contributed by atoms with Crippen molar-refractivity contribution in [3.8, 4) is 0 Å². The summed E-state index contributed by atoms with van der Waals surface area (Å²) in [6.07, 6.45) is 3.04. The van der Waals surface area contributed by atoms with Crippen molar-refractivity contribution in [1.82, 2.24) is 15.1 Å². The van der Waals surface area contributed by atoms with Gasteiger partial charge in [0.2, 0.25) is 0 Å². The van der Waals surface area contributed by atoms with Crippen LogP contribution in [0.25, 0.3) is 10.9 Å². The van der Waals surface area contributed by atoms with E-state index in [1.54, 1.807) is 11.1 Å². The Balaban J connectivity index is 1.70. The molecule has 0 atom stereocenters. The minimum atomic E-state index is -0.180. The molecule has 1 N–H and O–H groups in total. The third kappa shape index (κ3) is 2.61. The van der Waals surface area contributed by atoms with Crippen LogP contribution in [0.3, 0.4) is 0 Å². The van der Waals surface area contributed by atoms with Crippen molar-refractivity contribution in [2.75, 3.05) is 20.2 Å². The molecular weight excluding hydrogens is 270 g/mol. The fourth-order valence-corrected chi connectivity index (χ4v) is 2.74. The summed E-state index contributed by atoms with van der Waals surface area (Å²) in [5.41, 5.74) is 1.49. The number of nitrogens with one attached hydrogen (secondary N) is 1. The molecule has 0 spiro atoms. The number of fused-ring (bicyclic) bond motifs is 1. The number of hydrogen-bond acceptors (Lipinski definition) is 4. The average Bonchev–Trinajstić information content (AvgIpc) is 3.01. The molecule has 0 unspecified atom stereocenters. The monoisotopic (exact) mass is 287 g/mol. The van der Waals surface area contributed by atoms with Crippen LogP contribution in [-0.2, 0) is 9.53 Å². The fourth-order valence-electron chi connectivity index (χ4n) is 2.74. The largest absolute Gasteiger partial charge is 0.469 e. The van der Waals surface area contributed by atoms with Crippen LogP contribution in [0.2, 0.25) is 0 Å². The van der Waals surface area contributed by atoms with E-state index in [0.717, 1.165) is 10.9 Å². The highest BCUT2D eigenvalue weighted by Crippen LogP contribution is 2.21. The van der Waals surface area contributed by atoms with E-state index >= 15 is 0 Å². The molecule has 21 heavy (non-hydrogen) atoms. The van der Waals surface area contributed by atoms with Gasteiger partial charge in [0, 0.05) is 24.0 Å². The molecule has 1 aromatic carbocycles. The average molecular weight is 287 g/mol. The second-order valence-corrected chi connectivity index (χ2v) is 5.26. The minimum Gasteiger partial charge on any atom is -0.469 e. The van der Waals surface area contributed by atoms with E-state index in [9.17, 15) is 9.59 Å². The number of piperidine rings is 1. The predicted molar refractivity (Wildman–Crippen MR) is 76.7 cm³/mol. The minimum absolute atomic E-state index is 0.00480. The van der Waals surface area contributed by atoms with Crippen molar-refractivity contribution in [2.24, 2.45) is 5.92 Å². The summed E-state index contributed by atoms with van der Waals surface area (Å²) in [5, 5.41) is 7.80. The van der Waals surface area contributed by atoms with Gasteiger partial charge in [0.15, 0.2) is 0 Å². The predicted octanol–water partition coefficient (Wildman–Crippen LogP) is 1.59. The number of rotatable bonds is 2. The maximum Gasteiger partial charge on any atom is 0.308 e. The first-order valence-corrected chi connectivity index (χ1v) is 6.99. The Hall–Kier alpha value is -2.37. The lowest BCUT2D eigenvalue weighted by atomic mass is 9.96. The first-order valence-electron chi connectivity index (χ1n) is 6.99. The van der Waals surface area contributed by atoms with Gasteiger partial charge >= 0.3 is 5.97 Å². The molecule has 1 amide bonds. The SMILES string of the molecule is COC(=O)C1CCN(C(=O)c2ccc3cn[nH]c3c2)CC1. The van der Waals surface area contributed by atoms with E-state index in [4.69, 9.17) is 4.74 Å². The molecular formula is C15H17N3O3. The number of hydrogen-bond donors (Lipinski definition) is 1. The summed E-state index contributed by atoms with van der Waals surface area (Å²) in [6.45, 7) is 1.17. The van der Waals surface area contributed by atoms with Gasteiger partial charge in [-0.15, -0.1) is 0 Å². The van der Waals surface area contributed by atoms with Gasteiger partial charge in [-0.25, -0.2) is 0 Å². The number of aromatic amines is 1. The van der Waals surface area contributed by atoms with Crippen molar-refractivity contribution >= 4 is 22.8 Å². The number of methoxy groups -OCH3 is 1. The molecule has 0 bridgehead atoms. The van der Waals surface area contributed by atoms with Crippen LogP contribution in [-0.4, -0.2) is 47.2 Å². The Labute approximate surface area is 122 Å². The Morgan fingerprint density at radius 2 is 2.10 bits per heavy atom. The third-order valence-electron chi connectivity index (χ3n) is 4.01. The fraction of sp³-hybridized carbons (Fsp3) is 0.400. The highest BCUT2D eigenvalue weighted by Gasteiger charge is 2.28. The summed E-state index contributed by atoms with van der Waals surface area (Å²) in [7, 11) is 1.40. The first kappa shape index (κ1) is 13.6. The van der Waals surface area contributed by atoms with Crippen molar-refractivity contribution in [3.63, 3.8) is 0 Å². The molecule has 110 valence electrons. The van der Waals surface area contributed by atoms with Crippen LogP contribution >= 0.6 is 0 Å². The number of esters is 1. The lowest BCUT2D eigenvalue weighted by Gasteiger charge is -2.30. The Kier molecular flexibility index (Phi) is 3.60. The van der Waals surface area contributed by atoms with Gasteiger partial charge in [-0.1, -0.05) is 6.07 Å². The van der Waals surface area contributed by atoms with E-state index in [2.05, 4.69) is 10.2 Å².